The van der Waals surface area contributed by atoms with Gasteiger partial charge in [0, 0.05) is 63.9 Å². The second kappa shape index (κ2) is 26.2. The number of carbonyl (C=O) groups is 8. The van der Waals surface area contributed by atoms with E-state index in [4.69, 9.17) is 4.74 Å². The average molecular weight is 1090 g/mol. The van der Waals surface area contributed by atoms with Crippen molar-refractivity contribution in [2.45, 2.75) is 159 Å². The van der Waals surface area contributed by atoms with E-state index in [-0.39, 0.29) is 24.7 Å². The quantitative estimate of drug-likeness (QED) is 0.0609. The van der Waals surface area contributed by atoms with Gasteiger partial charge >= 0.3 is 16.5 Å². The van der Waals surface area contributed by atoms with Crippen LogP contribution in [0.4, 0.5) is 4.79 Å². The van der Waals surface area contributed by atoms with E-state index in [2.05, 4.69) is 41.4 Å². The van der Waals surface area contributed by atoms with Crippen molar-refractivity contribution in [1.29, 1.82) is 0 Å². The van der Waals surface area contributed by atoms with Crippen LogP contribution in [0.1, 0.15) is 73.3 Å². The monoisotopic (exact) mass is 1090 g/mol. The first kappa shape index (κ1) is 61.6. The van der Waals surface area contributed by atoms with Gasteiger partial charge in [0.05, 0.1) is 43.0 Å². The number of aromatic hydroxyl groups is 1. The van der Waals surface area contributed by atoms with Crippen LogP contribution in [0, 0.1) is 5.92 Å². The summed E-state index contributed by atoms with van der Waals surface area (Å²) in [5.74, 6) is -10.9. The normalized spacial score (nSPS) is 28.1. The van der Waals surface area contributed by atoms with Crippen molar-refractivity contribution in [3.05, 3.63) is 23.8 Å². The Bertz CT molecular complexity index is 2350. The van der Waals surface area contributed by atoms with E-state index in [1.807, 2.05) is 13.8 Å². The molecule has 4 rings (SSSR count). The number of benzene rings is 1. The number of ether oxygens (including phenoxy) is 1. The zero-order valence-electron chi connectivity index (χ0n) is 42.5. The molecule has 0 saturated carbocycles. The summed E-state index contributed by atoms with van der Waals surface area (Å²) >= 11 is 0. The molecule has 13 atom stereocenters. The Morgan fingerprint density at radius 1 is 0.813 bits per heavy atom. The van der Waals surface area contributed by atoms with Gasteiger partial charge in [-0.05, 0) is 45.4 Å². The number of hydrogen-bond acceptors (Lipinski definition) is 20. The number of aliphatic hydroxyl groups is 6. The fourth-order valence-corrected chi connectivity index (χ4v) is 8.90. The molecule has 1 aromatic rings. The number of phenols is 1. The Morgan fingerprint density at radius 2 is 1.44 bits per heavy atom. The van der Waals surface area contributed by atoms with Crippen molar-refractivity contribution in [1.82, 2.24) is 47.0 Å². The molecular weight excluding hydrogens is 1020 g/mol. The van der Waals surface area contributed by atoms with E-state index in [9.17, 15) is 87.1 Å². The van der Waals surface area contributed by atoms with Crippen molar-refractivity contribution in [2.24, 2.45) is 5.92 Å². The molecule has 3 heterocycles. The van der Waals surface area contributed by atoms with E-state index >= 15 is 0 Å². The van der Waals surface area contributed by atoms with E-state index in [0.717, 1.165) is 34.9 Å². The molecule has 3 saturated heterocycles. The molecule has 1 aromatic carbocycles. The lowest BCUT2D eigenvalue weighted by Gasteiger charge is -2.34. The van der Waals surface area contributed by atoms with Gasteiger partial charge in [0.2, 0.25) is 41.4 Å². The van der Waals surface area contributed by atoms with Crippen LogP contribution in [-0.4, -0.2) is 223 Å². The average Bonchev–Trinajstić information content (AvgIpc) is 3.83. The van der Waals surface area contributed by atoms with E-state index in [0.29, 0.717) is 0 Å². The van der Waals surface area contributed by atoms with Crippen molar-refractivity contribution >= 4 is 57.8 Å². The molecule has 15 N–H and O–H groups in total. The minimum Gasteiger partial charge on any atom is -0.504 e. The largest absolute Gasteiger partial charge is 0.504 e. The Morgan fingerprint density at radius 3 is 2.05 bits per heavy atom. The zero-order chi connectivity index (χ0) is 56.4. The number of amides is 8. The van der Waals surface area contributed by atoms with Crippen LogP contribution in [0.25, 0.3) is 0 Å². The Labute approximate surface area is 432 Å². The van der Waals surface area contributed by atoms with E-state index in [1.54, 1.807) is 0 Å². The molecule has 0 aliphatic carbocycles. The third kappa shape index (κ3) is 17.8. The number of carbonyl (C=O) groups excluding carboxylic acids is 8. The Balaban J connectivity index is 1.87. The highest BCUT2D eigenvalue weighted by Crippen LogP contribution is 2.30. The summed E-state index contributed by atoms with van der Waals surface area (Å²) in [4.78, 5) is 114. The second-order valence-electron chi connectivity index (χ2n) is 20.1. The second-order valence-corrected chi connectivity index (χ2v) is 21.2. The van der Waals surface area contributed by atoms with Crippen molar-refractivity contribution in [2.75, 3.05) is 32.7 Å². The van der Waals surface area contributed by atoms with Crippen molar-refractivity contribution in [3.8, 4) is 11.5 Å². The molecule has 30 heteroatoms. The van der Waals surface area contributed by atoms with Crippen molar-refractivity contribution in [3.63, 3.8) is 0 Å². The number of rotatable bonds is 14. The standard InChI is InChI=1S/C45H71N9O20S/c1-20(2)46-10-11-47-32(61)16-30(60)35-43(68)54-18-21(3)37(62)36(54)41(66)48-17-24(56)14-26(49-44(69)73-45(5,6)7)38(63)50-33(22(4)55)42(67)53-19-25(57)15-27(53)39(64)51-34(40(65)52-35)29(59)12-23-8-9-28(58)31(13-23)74-75(70,71)72/h8-9,13,20-22,24-27,29-30,33-37,46,55-60,62H,10-12,14-19H2,1-7H3,(H,47,61)(H,48,66)(H,49,69)(H,50,63)(H,51,64)(H,52,65)(H,70,71,72)/t21-,22+,24+,25+,26?,27-,29+,30+,33?,34-,35-,36-,37-/m0/s1. The third-order valence-electron chi connectivity index (χ3n) is 12.2. The highest BCUT2D eigenvalue weighted by Gasteiger charge is 2.50. The third-order valence-corrected chi connectivity index (χ3v) is 12.6. The molecule has 29 nitrogen and oxygen atoms in total. The lowest BCUT2D eigenvalue weighted by atomic mass is 9.98. The summed E-state index contributed by atoms with van der Waals surface area (Å²) in [6.45, 7) is 9.37. The van der Waals surface area contributed by atoms with Gasteiger partial charge in [-0.3, -0.25) is 38.1 Å². The number of β-amino-alcohol motifs (C(OH)–C–C–N with tert-alkyl or cyclic N) is 1. The minimum atomic E-state index is -5.23. The molecule has 422 valence electrons. The number of alkyl carbamates (subject to hydrolysis) is 1. The van der Waals surface area contributed by atoms with Crippen molar-refractivity contribution < 1.29 is 96.0 Å². The van der Waals surface area contributed by atoms with Crippen LogP contribution in [-0.2, 0) is 55.1 Å². The molecule has 2 unspecified atom stereocenters. The highest BCUT2D eigenvalue weighted by atomic mass is 32.3. The first-order valence-corrected chi connectivity index (χ1v) is 25.5. The lowest BCUT2D eigenvalue weighted by molar-refractivity contribution is -0.147. The molecule has 3 fully saturated rings. The first-order valence-electron chi connectivity index (χ1n) is 24.1. The molecule has 8 amide bonds. The lowest BCUT2D eigenvalue weighted by Crippen LogP contribution is -2.64. The maximum Gasteiger partial charge on any atom is 0.446 e. The summed E-state index contributed by atoms with van der Waals surface area (Å²) < 4.78 is 42.0. The number of nitrogens with zero attached hydrogens (tertiary/aromatic N) is 2. The summed E-state index contributed by atoms with van der Waals surface area (Å²) in [7, 11) is -5.23. The van der Waals surface area contributed by atoms with Gasteiger partial charge < -0.3 is 91.7 Å². The van der Waals surface area contributed by atoms with Crippen LogP contribution in [0.2, 0.25) is 0 Å². The molecule has 0 aromatic heterocycles. The number of hydrogen-bond donors (Lipinski definition) is 15. The van der Waals surface area contributed by atoms with Crippen LogP contribution < -0.4 is 41.4 Å². The number of nitrogens with one attached hydrogen (secondary N) is 7. The molecule has 0 radical (unpaired) electrons. The smallest absolute Gasteiger partial charge is 0.446 e. The summed E-state index contributed by atoms with van der Waals surface area (Å²) in [5.41, 5.74) is -1.23. The fourth-order valence-electron chi connectivity index (χ4n) is 8.54. The Kier molecular flexibility index (Phi) is 21.5. The van der Waals surface area contributed by atoms with Gasteiger partial charge in [-0.25, -0.2) is 4.79 Å². The summed E-state index contributed by atoms with van der Waals surface area (Å²) in [6, 6.07) is -8.92. The molecular formula is C45H71N9O20S. The minimum absolute atomic E-state index is 0.0326. The van der Waals surface area contributed by atoms with Crippen LogP contribution in [0.3, 0.4) is 0 Å². The predicted octanol–water partition coefficient (Wildman–Crippen LogP) is -5.88. The van der Waals surface area contributed by atoms with Gasteiger partial charge in [-0.2, -0.15) is 8.42 Å². The first-order chi connectivity index (χ1) is 34.8. The number of aliphatic hydroxyl groups excluding tert-OH is 6. The topological polar surface area (TPSA) is 442 Å². The molecule has 3 aliphatic rings. The molecule has 0 spiro atoms. The van der Waals surface area contributed by atoms with Gasteiger partial charge in [-0.15, -0.1) is 0 Å². The molecule has 0 bridgehead atoms. The van der Waals surface area contributed by atoms with Gasteiger partial charge in [0.1, 0.15) is 41.9 Å². The van der Waals surface area contributed by atoms with Gasteiger partial charge in [0.15, 0.2) is 11.5 Å². The highest BCUT2D eigenvalue weighted by molar-refractivity contribution is 7.81. The summed E-state index contributed by atoms with van der Waals surface area (Å²) in [5, 5.41) is 95.1. The van der Waals surface area contributed by atoms with Crippen LogP contribution in [0.15, 0.2) is 18.2 Å². The molecule has 75 heavy (non-hydrogen) atoms. The number of fused-ring (bicyclic) bond motifs is 2. The van der Waals surface area contributed by atoms with Gasteiger partial charge in [0.25, 0.3) is 0 Å². The zero-order valence-corrected chi connectivity index (χ0v) is 43.3. The SMILES string of the molecule is CC(C)NCCNC(=O)C[C@@H](O)[C@@H]1NC(=O)[C@H]([C@H](O)Cc2ccc(O)c(OS(=O)(=O)O)c2)NC(=O)[C@@H]2C[C@@H](O)CN2C(=O)C([C@@H](C)O)NC(=O)C(NC(=O)OC(C)(C)C)C[C@@H](O)CNC(=O)[C@@H]2[C@@H](O)[C@@H](C)CN2C1=O. The maximum absolute atomic E-state index is 14.8. The van der Waals surface area contributed by atoms with Gasteiger partial charge in [-0.1, -0.05) is 26.8 Å². The predicted molar refractivity (Wildman–Crippen MR) is 258 cm³/mol. The Hall–Kier alpha value is -5.99. The fraction of sp³-hybridized carbons (Fsp3) is 0.689. The van der Waals surface area contributed by atoms with Crippen LogP contribution >= 0.6 is 0 Å². The number of phenolic OH excluding ortho intramolecular Hbond substituents is 1. The summed E-state index contributed by atoms with van der Waals surface area (Å²) in [6.07, 6.45) is -14.9. The maximum atomic E-state index is 14.8. The van der Waals surface area contributed by atoms with E-state index < -0.39 is 199 Å². The molecule has 3 aliphatic heterocycles. The van der Waals surface area contributed by atoms with Crippen LogP contribution in [0.5, 0.6) is 11.5 Å². The van der Waals surface area contributed by atoms with E-state index in [1.165, 1.54) is 27.7 Å².